The van der Waals surface area contributed by atoms with Gasteiger partial charge >= 0.3 is 0 Å². The van der Waals surface area contributed by atoms with Gasteiger partial charge in [0.1, 0.15) is 17.3 Å². The number of hydrogen-bond acceptors (Lipinski definition) is 5. The number of carbonyl (C=O) groups excluding carboxylic acids is 2. The van der Waals surface area contributed by atoms with E-state index in [2.05, 4.69) is 0 Å². The number of nitrogens with zero attached hydrogens (tertiary/aromatic N) is 1. The third-order valence-corrected chi connectivity index (χ3v) is 5.82. The number of halogens is 1. The molecule has 7 heteroatoms. The number of carbonyl (C=O) groups is 2. The third-order valence-electron chi connectivity index (χ3n) is 5.51. The number of phenolic OH excluding ortho intramolecular Hbond substituents is 1. The van der Waals surface area contributed by atoms with Gasteiger partial charge in [0.15, 0.2) is 0 Å². The highest BCUT2D eigenvalue weighted by molar-refractivity contribution is 6.51. The van der Waals surface area contributed by atoms with Crippen molar-refractivity contribution < 1.29 is 24.5 Å². The van der Waals surface area contributed by atoms with Crippen molar-refractivity contribution >= 4 is 34.7 Å². The van der Waals surface area contributed by atoms with E-state index in [1.54, 1.807) is 54.6 Å². The number of para-hydroxylation sites is 1. The van der Waals surface area contributed by atoms with Crippen molar-refractivity contribution in [2.75, 3.05) is 11.5 Å². The maximum Gasteiger partial charge on any atom is 0.300 e. The smallest absolute Gasteiger partial charge is 0.300 e. The lowest BCUT2D eigenvalue weighted by Crippen LogP contribution is -2.29. The van der Waals surface area contributed by atoms with Crippen LogP contribution in [-0.2, 0) is 9.59 Å². The predicted octanol–water partition coefficient (Wildman–Crippen LogP) is 5.38. The van der Waals surface area contributed by atoms with Crippen LogP contribution in [0.25, 0.3) is 5.76 Å². The topological polar surface area (TPSA) is 87.1 Å². The molecule has 2 N–H and O–H groups in total. The molecular weight excluding hydrogens is 442 g/mol. The molecule has 0 saturated carbocycles. The van der Waals surface area contributed by atoms with E-state index in [9.17, 15) is 19.8 Å². The lowest BCUT2D eigenvalue weighted by molar-refractivity contribution is -0.132. The first kappa shape index (κ1) is 22.4. The van der Waals surface area contributed by atoms with Crippen molar-refractivity contribution in [2.45, 2.75) is 19.9 Å². The first-order chi connectivity index (χ1) is 15.8. The molecule has 1 saturated heterocycles. The number of aliphatic hydroxyl groups is 1. The Bertz CT molecular complexity index is 1270. The molecule has 6 nitrogen and oxygen atoms in total. The molecule has 0 bridgehead atoms. The normalized spacial score (nSPS) is 17.4. The van der Waals surface area contributed by atoms with Crippen LogP contribution in [0.15, 0.2) is 72.3 Å². The molecule has 4 rings (SSSR count). The first-order valence-corrected chi connectivity index (χ1v) is 10.8. The number of hydrogen-bond donors (Lipinski definition) is 2. The van der Waals surface area contributed by atoms with Crippen LogP contribution in [0.1, 0.15) is 29.7 Å². The van der Waals surface area contributed by atoms with E-state index < -0.39 is 17.7 Å². The lowest BCUT2D eigenvalue weighted by atomic mass is 9.94. The Kier molecular flexibility index (Phi) is 6.11. The molecule has 1 aliphatic heterocycles. The Labute approximate surface area is 196 Å². The van der Waals surface area contributed by atoms with Gasteiger partial charge < -0.3 is 14.9 Å². The number of rotatable bonds is 5. The van der Waals surface area contributed by atoms with Crippen LogP contribution in [-0.4, -0.2) is 28.5 Å². The maximum atomic E-state index is 13.2. The summed E-state index contributed by atoms with van der Waals surface area (Å²) in [5.74, 6) is -1.33. The Morgan fingerprint density at radius 3 is 2.42 bits per heavy atom. The summed E-state index contributed by atoms with van der Waals surface area (Å²) in [7, 11) is 0. The van der Waals surface area contributed by atoms with E-state index in [1.807, 2.05) is 13.8 Å². The van der Waals surface area contributed by atoms with Crippen LogP contribution in [0.4, 0.5) is 5.69 Å². The highest BCUT2D eigenvalue weighted by Crippen LogP contribution is 2.43. The van der Waals surface area contributed by atoms with Crippen LogP contribution < -0.4 is 9.64 Å². The summed E-state index contributed by atoms with van der Waals surface area (Å²) in [4.78, 5) is 27.6. The van der Waals surface area contributed by atoms with Crippen molar-refractivity contribution in [2.24, 2.45) is 0 Å². The second-order valence-electron chi connectivity index (χ2n) is 7.63. The first-order valence-electron chi connectivity index (χ1n) is 10.4. The van der Waals surface area contributed by atoms with Crippen molar-refractivity contribution in [3.8, 4) is 11.5 Å². The summed E-state index contributed by atoms with van der Waals surface area (Å²) in [6, 6.07) is 17.3. The van der Waals surface area contributed by atoms with Gasteiger partial charge in [0.25, 0.3) is 11.7 Å². The van der Waals surface area contributed by atoms with E-state index in [0.717, 1.165) is 5.56 Å². The molecule has 1 atom stereocenters. The van der Waals surface area contributed by atoms with Crippen LogP contribution in [0.3, 0.4) is 0 Å². The van der Waals surface area contributed by atoms with E-state index in [4.69, 9.17) is 16.3 Å². The van der Waals surface area contributed by atoms with Gasteiger partial charge in [-0.25, -0.2) is 0 Å². The Morgan fingerprint density at radius 1 is 1.06 bits per heavy atom. The van der Waals surface area contributed by atoms with Crippen molar-refractivity contribution in [3.05, 3.63) is 94.0 Å². The predicted molar refractivity (Wildman–Crippen MR) is 127 cm³/mol. The standard InChI is InChI=1S/C26H22ClNO5/c1-3-33-21-12-10-17(13-15(21)2)24(30)22-23(16-9-11-20(29)19(27)14-16)28(26(32)25(22)31)18-7-5-4-6-8-18/h4-14,23,29-30H,3H2,1-2H3/b24-22-. The molecule has 3 aromatic rings. The monoisotopic (exact) mass is 463 g/mol. The van der Waals surface area contributed by atoms with Crippen molar-refractivity contribution in [3.63, 3.8) is 0 Å². The quantitative estimate of drug-likeness (QED) is 0.301. The third kappa shape index (κ3) is 4.05. The van der Waals surface area contributed by atoms with Gasteiger partial charge in [-0.15, -0.1) is 0 Å². The molecule has 1 heterocycles. The largest absolute Gasteiger partial charge is 0.507 e. The van der Waals surface area contributed by atoms with Gasteiger partial charge in [-0.2, -0.15) is 0 Å². The fourth-order valence-electron chi connectivity index (χ4n) is 3.97. The molecule has 1 aliphatic rings. The molecule has 0 spiro atoms. The minimum absolute atomic E-state index is 0.0610. The number of aliphatic hydroxyl groups excluding tert-OH is 1. The number of ether oxygens (including phenoxy) is 1. The lowest BCUT2D eigenvalue weighted by Gasteiger charge is -2.25. The van der Waals surface area contributed by atoms with Gasteiger partial charge in [-0.05, 0) is 67.4 Å². The molecule has 1 amide bonds. The highest BCUT2D eigenvalue weighted by atomic mass is 35.5. The average Bonchev–Trinajstić information content (AvgIpc) is 3.07. The molecule has 33 heavy (non-hydrogen) atoms. The maximum absolute atomic E-state index is 13.2. The van der Waals surface area contributed by atoms with Gasteiger partial charge in [0, 0.05) is 11.3 Å². The number of aromatic hydroxyl groups is 1. The molecule has 3 aromatic carbocycles. The van der Waals surface area contributed by atoms with Crippen LogP contribution in [0, 0.1) is 6.92 Å². The van der Waals surface area contributed by atoms with Crippen LogP contribution in [0.2, 0.25) is 5.02 Å². The van der Waals surface area contributed by atoms with E-state index in [0.29, 0.717) is 29.2 Å². The summed E-state index contributed by atoms with van der Waals surface area (Å²) in [5, 5.41) is 21.2. The molecule has 1 unspecified atom stereocenters. The minimum atomic E-state index is -0.933. The number of amides is 1. The summed E-state index contributed by atoms with van der Waals surface area (Å²) in [6.07, 6.45) is 0. The number of benzene rings is 3. The fraction of sp³-hybridized carbons (Fsp3) is 0.154. The second kappa shape index (κ2) is 9.00. The second-order valence-corrected chi connectivity index (χ2v) is 8.04. The number of ketones is 1. The summed E-state index contributed by atoms with van der Waals surface area (Å²) >= 11 is 6.14. The summed E-state index contributed by atoms with van der Waals surface area (Å²) in [5.41, 5.74) is 2.08. The van der Waals surface area contributed by atoms with Gasteiger partial charge in [0.2, 0.25) is 0 Å². The Balaban J connectivity index is 1.92. The zero-order valence-electron chi connectivity index (χ0n) is 18.1. The number of Topliss-reactive ketones (excluding diaryl/α,β-unsaturated/α-hetero) is 1. The molecule has 1 fully saturated rings. The number of aryl methyl sites for hydroxylation is 1. The van der Waals surface area contributed by atoms with Crippen LogP contribution in [0.5, 0.6) is 11.5 Å². The summed E-state index contributed by atoms with van der Waals surface area (Å²) < 4.78 is 5.56. The molecule has 168 valence electrons. The van der Waals surface area contributed by atoms with Crippen molar-refractivity contribution in [1.82, 2.24) is 0 Å². The van der Waals surface area contributed by atoms with E-state index in [1.165, 1.54) is 17.0 Å². The Hall–Kier alpha value is -3.77. The zero-order chi connectivity index (χ0) is 23.7. The van der Waals surface area contributed by atoms with Crippen LogP contribution >= 0.6 is 11.6 Å². The van der Waals surface area contributed by atoms with Gasteiger partial charge in [-0.1, -0.05) is 35.9 Å². The SMILES string of the molecule is CCOc1ccc(/C(O)=C2/C(=O)C(=O)N(c3ccccc3)C2c2ccc(O)c(Cl)c2)cc1C. The molecular formula is C26H22ClNO5. The zero-order valence-corrected chi connectivity index (χ0v) is 18.8. The van der Waals surface area contributed by atoms with E-state index in [-0.39, 0.29) is 22.1 Å². The van der Waals surface area contributed by atoms with Gasteiger partial charge in [0.05, 0.1) is 23.2 Å². The molecule has 0 aliphatic carbocycles. The number of phenols is 1. The van der Waals surface area contributed by atoms with Crippen molar-refractivity contribution in [1.29, 1.82) is 0 Å². The fourth-order valence-corrected chi connectivity index (χ4v) is 4.15. The molecule has 0 aromatic heterocycles. The summed E-state index contributed by atoms with van der Waals surface area (Å²) in [6.45, 7) is 4.21. The number of anilines is 1. The Morgan fingerprint density at radius 2 is 1.79 bits per heavy atom. The molecule has 0 radical (unpaired) electrons. The highest BCUT2D eigenvalue weighted by Gasteiger charge is 2.47. The average molecular weight is 464 g/mol. The van der Waals surface area contributed by atoms with E-state index >= 15 is 0 Å². The van der Waals surface area contributed by atoms with Gasteiger partial charge in [-0.3, -0.25) is 14.5 Å². The minimum Gasteiger partial charge on any atom is -0.507 e.